The molecule has 0 spiro atoms. The highest BCUT2D eigenvalue weighted by Gasteiger charge is 2.22. The van der Waals surface area contributed by atoms with E-state index in [0.717, 1.165) is 12.8 Å². The van der Waals surface area contributed by atoms with Crippen LogP contribution >= 0.6 is 0 Å². The number of sulfonamides is 1. The average molecular weight is 368 g/mol. The summed E-state index contributed by atoms with van der Waals surface area (Å²) < 4.78 is 31.1. The molecule has 1 amide bonds. The van der Waals surface area contributed by atoms with Crippen LogP contribution in [0.15, 0.2) is 29.2 Å². The Bertz CT molecular complexity index is 715. The van der Waals surface area contributed by atoms with E-state index in [2.05, 4.69) is 11.6 Å². The van der Waals surface area contributed by atoms with Crippen LogP contribution in [-0.4, -0.2) is 51.4 Å². The first-order valence-electron chi connectivity index (χ1n) is 8.38. The van der Waals surface area contributed by atoms with Crippen LogP contribution in [0.5, 0.6) is 0 Å². The van der Waals surface area contributed by atoms with Crippen molar-refractivity contribution < 1.29 is 22.7 Å². The number of benzene rings is 1. The zero-order valence-corrected chi connectivity index (χ0v) is 15.3. The van der Waals surface area contributed by atoms with Gasteiger partial charge in [-0.05, 0) is 43.0 Å². The highest BCUT2D eigenvalue weighted by atomic mass is 32.2. The second-order valence-corrected chi connectivity index (χ2v) is 7.96. The summed E-state index contributed by atoms with van der Waals surface area (Å²) in [6, 6.07) is 5.42. The van der Waals surface area contributed by atoms with Gasteiger partial charge in [0.15, 0.2) is 6.61 Å². The minimum absolute atomic E-state index is 0.0734. The first kappa shape index (κ1) is 19.4. The predicted molar refractivity (Wildman–Crippen MR) is 92.6 cm³/mol. The minimum Gasteiger partial charge on any atom is -0.452 e. The highest BCUT2D eigenvalue weighted by molar-refractivity contribution is 7.89. The Morgan fingerprint density at radius 1 is 1.28 bits per heavy atom. The number of piperidine rings is 1. The third kappa shape index (κ3) is 5.27. The second-order valence-electron chi connectivity index (χ2n) is 6.19. The molecular weight excluding hydrogens is 344 g/mol. The summed E-state index contributed by atoms with van der Waals surface area (Å²) in [7, 11) is -3.56. The number of rotatable bonds is 6. The molecule has 1 aliphatic heterocycles. The predicted octanol–water partition coefficient (Wildman–Crippen LogP) is 1.40. The molecule has 0 radical (unpaired) electrons. The van der Waals surface area contributed by atoms with Crippen LogP contribution in [0.3, 0.4) is 0 Å². The van der Waals surface area contributed by atoms with Crippen LogP contribution in [0.1, 0.15) is 37.0 Å². The summed E-state index contributed by atoms with van der Waals surface area (Å²) in [5, 5.41) is 0. The summed E-state index contributed by atoms with van der Waals surface area (Å²) in [4.78, 5) is 25.9. The molecule has 1 aromatic rings. The number of carbonyl (C=O) groups excluding carboxylic acids is 2. The number of nitrogens with one attached hydrogen (secondary N) is 1. The van der Waals surface area contributed by atoms with Crippen molar-refractivity contribution >= 4 is 21.9 Å². The third-order valence-electron chi connectivity index (χ3n) is 4.07. The van der Waals surface area contributed by atoms with Crippen molar-refractivity contribution in [2.75, 3.05) is 26.2 Å². The quantitative estimate of drug-likeness (QED) is 0.766. The van der Waals surface area contributed by atoms with Crippen molar-refractivity contribution in [3.8, 4) is 0 Å². The lowest BCUT2D eigenvalue weighted by atomic mass is 10.0. The molecule has 1 aromatic carbocycles. The lowest BCUT2D eigenvalue weighted by molar-refractivity contribution is -0.136. The molecule has 138 valence electrons. The number of esters is 1. The second kappa shape index (κ2) is 8.44. The average Bonchev–Trinajstić information content (AvgIpc) is 2.59. The van der Waals surface area contributed by atoms with Gasteiger partial charge < -0.3 is 9.64 Å². The molecule has 7 nitrogen and oxygen atoms in total. The Morgan fingerprint density at radius 3 is 2.56 bits per heavy atom. The molecule has 0 saturated carbocycles. The molecule has 0 bridgehead atoms. The first-order valence-corrected chi connectivity index (χ1v) is 9.86. The van der Waals surface area contributed by atoms with Crippen molar-refractivity contribution in [2.45, 2.75) is 31.6 Å². The van der Waals surface area contributed by atoms with Gasteiger partial charge in [0, 0.05) is 19.6 Å². The van der Waals surface area contributed by atoms with Gasteiger partial charge in [-0.25, -0.2) is 17.9 Å². The molecule has 1 heterocycles. The molecule has 1 N–H and O–H groups in total. The maximum atomic E-state index is 12.1. The number of likely N-dealkylation sites (tertiary alicyclic amines) is 1. The first-order chi connectivity index (χ1) is 11.8. The van der Waals surface area contributed by atoms with Crippen molar-refractivity contribution in [1.82, 2.24) is 9.62 Å². The molecule has 1 atom stereocenters. The summed E-state index contributed by atoms with van der Waals surface area (Å²) in [6.45, 7) is 5.13. The van der Waals surface area contributed by atoms with Crippen molar-refractivity contribution in [1.29, 1.82) is 0 Å². The van der Waals surface area contributed by atoms with Gasteiger partial charge in [-0.3, -0.25) is 4.79 Å². The number of nitrogens with zero attached hydrogens (tertiary/aromatic N) is 1. The largest absolute Gasteiger partial charge is 0.452 e. The van der Waals surface area contributed by atoms with Crippen LogP contribution in [0.4, 0.5) is 0 Å². The molecule has 1 unspecified atom stereocenters. The van der Waals surface area contributed by atoms with E-state index in [1.165, 1.54) is 24.3 Å². The van der Waals surface area contributed by atoms with Crippen molar-refractivity contribution in [2.24, 2.45) is 5.92 Å². The standard InChI is InChI=1S/C17H24N2O5S/c1-3-18-25(22,23)15-8-6-14(7-9-15)17(21)24-12-16(20)19-10-4-5-13(2)11-19/h6-9,13,18H,3-5,10-12H2,1-2H3. The minimum atomic E-state index is -3.56. The Morgan fingerprint density at radius 2 is 1.96 bits per heavy atom. The molecule has 8 heteroatoms. The van der Waals surface area contributed by atoms with Gasteiger partial charge in [0.05, 0.1) is 10.5 Å². The Hall–Kier alpha value is -1.93. The fourth-order valence-corrected chi connectivity index (χ4v) is 3.80. The summed E-state index contributed by atoms with van der Waals surface area (Å²) in [5.74, 6) is -0.392. The number of hydrogen-bond acceptors (Lipinski definition) is 5. The van der Waals surface area contributed by atoms with E-state index in [9.17, 15) is 18.0 Å². The smallest absolute Gasteiger partial charge is 0.338 e. The van der Waals surface area contributed by atoms with E-state index in [0.29, 0.717) is 19.0 Å². The van der Waals surface area contributed by atoms with Crippen molar-refractivity contribution in [3.63, 3.8) is 0 Å². The Kier molecular flexibility index (Phi) is 6.55. The van der Waals surface area contributed by atoms with Crippen LogP contribution in [0.25, 0.3) is 0 Å². The van der Waals surface area contributed by atoms with Crippen molar-refractivity contribution in [3.05, 3.63) is 29.8 Å². The van der Waals surface area contributed by atoms with Gasteiger partial charge >= 0.3 is 5.97 Å². The number of amides is 1. The van der Waals surface area contributed by atoms with E-state index in [1.807, 2.05) is 0 Å². The normalized spacial score (nSPS) is 18.0. The topological polar surface area (TPSA) is 92.8 Å². The third-order valence-corrected chi connectivity index (χ3v) is 5.63. The monoisotopic (exact) mass is 368 g/mol. The number of hydrogen-bond donors (Lipinski definition) is 1. The van der Waals surface area contributed by atoms with E-state index in [-0.39, 0.29) is 29.5 Å². The maximum Gasteiger partial charge on any atom is 0.338 e. The van der Waals surface area contributed by atoms with Gasteiger partial charge in [0.25, 0.3) is 5.91 Å². The number of ether oxygens (including phenoxy) is 1. The molecule has 0 aromatic heterocycles. The summed E-state index contributed by atoms with van der Waals surface area (Å²) in [6.07, 6.45) is 2.06. The highest BCUT2D eigenvalue weighted by Crippen LogP contribution is 2.16. The zero-order chi connectivity index (χ0) is 18.4. The van der Waals surface area contributed by atoms with Gasteiger partial charge in [0.1, 0.15) is 0 Å². The lowest BCUT2D eigenvalue weighted by Gasteiger charge is -2.30. The fraction of sp³-hybridized carbons (Fsp3) is 0.529. The van der Waals surface area contributed by atoms with Crippen LogP contribution in [-0.2, 0) is 19.6 Å². The van der Waals surface area contributed by atoms with Gasteiger partial charge in [-0.15, -0.1) is 0 Å². The van der Waals surface area contributed by atoms with Gasteiger partial charge in [-0.1, -0.05) is 13.8 Å². The molecule has 2 rings (SSSR count). The van der Waals surface area contributed by atoms with Gasteiger partial charge in [0.2, 0.25) is 10.0 Å². The Labute approximate surface area is 148 Å². The van der Waals surface area contributed by atoms with Crippen LogP contribution in [0.2, 0.25) is 0 Å². The molecule has 1 saturated heterocycles. The van der Waals surface area contributed by atoms with Gasteiger partial charge in [-0.2, -0.15) is 0 Å². The fourth-order valence-electron chi connectivity index (χ4n) is 2.76. The molecule has 25 heavy (non-hydrogen) atoms. The summed E-state index contributed by atoms with van der Waals surface area (Å²) in [5.41, 5.74) is 0.204. The number of carbonyl (C=O) groups is 2. The maximum absolute atomic E-state index is 12.1. The Balaban J connectivity index is 1.91. The lowest BCUT2D eigenvalue weighted by Crippen LogP contribution is -2.41. The molecule has 1 fully saturated rings. The SMILES string of the molecule is CCNS(=O)(=O)c1ccc(C(=O)OCC(=O)N2CCCC(C)C2)cc1. The van der Waals surface area contributed by atoms with E-state index < -0.39 is 16.0 Å². The zero-order valence-electron chi connectivity index (χ0n) is 14.5. The molecule has 1 aliphatic rings. The van der Waals surface area contributed by atoms with Crippen LogP contribution in [0, 0.1) is 5.92 Å². The van der Waals surface area contributed by atoms with Crippen LogP contribution < -0.4 is 4.72 Å². The summed E-state index contributed by atoms with van der Waals surface area (Å²) >= 11 is 0. The molecule has 0 aliphatic carbocycles. The van der Waals surface area contributed by atoms with E-state index >= 15 is 0 Å². The molecular formula is C17H24N2O5S. The van der Waals surface area contributed by atoms with E-state index in [1.54, 1.807) is 11.8 Å². The van der Waals surface area contributed by atoms with E-state index in [4.69, 9.17) is 4.74 Å².